The molecular weight excluding hydrogens is 228 g/mol. The topological polar surface area (TPSA) is 15.3 Å². The summed E-state index contributed by atoms with van der Waals surface area (Å²) in [6, 6.07) is 11.6. The van der Waals surface area contributed by atoms with E-state index in [4.69, 9.17) is 0 Å². The van der Waals surface area contributed by atoms with Gasteiger partial charge in [-0.15, -0.1) is 11.8 Å². The molecule has 0 spiro atoms. The fraction of sp³-hybridized carbons (Fsp3) is 0.571. The van der Waals surface area contributed by atoms with Gasteiger partial charge in [-0.3, -0.25) is 4.90 Å². The molecule has 0 amide bonds. The fourth-order valence-corrected chi connectivity index (χ4v) is 4.22. The Morgan fingerprint density at radius 1 is 1.29 bits per heavy atom. The maximum Gasteiger partial charge on any atom is 0.0690 e. The normalized spacial score (nSPS) is 29.9. The second-order valence-electron chi connectivity index (χ2n) is 4.91. The number of thioether (sulfide) groups is 1. The van der Waals surface area contributed by atoms with Crippen molar-refractivity contribution in [2.24, 2.45) is 0 Å². The first kappa shape index (κ1) is 11.6. The molecule has 0 bridgehead atoms. The molecule has 1 aromatic rings. The van der Waals surface area contributed by atoms with Crippen LogP contribution in [0.25, 0.3) is 0 Å². The monoisotopic (exact) mass is 248 g/mol. The third-order valence-corrected chi connectivity index (χ3v) is 5.10. The molecule has 2 atom stereocenters. The lowest BCUT2D eigenvalue weighted by atomic mass is 10.1. The molecule has 2 saturated heterocycles. The van der Waals surface area contributed by atoms with Gasteiger partial charge >= 0.3 is 0 Å². The summed E-state index contributed by atoms with van der Waals surface area (Å²) in [6.45, 7) is 3.45. The van der Waals surface area contributed by atoms with Crippen LogP contribution in [0, 0.1) is 0 Å². The Balaban J connectivity index is 1.69. The lowest BCUT2D eigenvalue weighted by molar-refractivity contribution is 0.130. The number of hydrogen-bond acceptors (Lipinski definition) is 3. The van der Waals surface area contributed by atoms with E-state index in [1.54, 1.807) is 0 Å². The first-order valence-electron chi connectivity index (χ1n) is 6.56. The minimum atomic E-state index is 0.668. The summed E-state index contributed by atoms with van der Waals surface area (Å²) in [7, 11) is 0. The number of nitrogens with one attached hydrogen (secondary N) is 1. The molecule has 2 aliphatic rings. The minimum absolute atomic E-state index is 0.668. The Morgan fingerprint density at radius 3 is 3.06 bits per heavy atom. The smallest absolute Gasteiger partial charge is 0.0690 e. The first-order valence-corrected chi connectivity index (χ1v) is 7.61. The third kappa shape index (κ3) is 2.67. The van der Waals surface area contributed by atoms with Gasteiger partial charge in [-0.1, -0.05) is 30.3 Å². The zero-order valence-electron chi connectivity index (χ0n) is 10.1. The summed E-state index contributed by atoms with van der Waals surface area (Å²) < 4.78 is 0. The van der Waals surface area contributed by atoms with Crippen LogP contribution < -0.4 is 5.32 Å². The molecular formula is C14H20N2S. The van der Waals surface area contributed by atoms with Gasteiger partial charge in [-0.2, -0.15) is 0 Å². The molecule has 2 aliphatic heterocycles. The molecule has 3 rings (SSSR count). The minimum Gasteiger partial charge on any atom is -0.303 e. The van der Waals surface area contributed by atoms with Crippen LogP contribution in [0.15, 0.2) is 30.3 Å². The van der Waals surface area contributed by atoms with Crippen LogP contribution in [-0.4, -0.2) is 35.2 Å². The first-order chi connectivity index (χ1) is 8.43. The van der Waals surface area contributed by atoms with Crippen LogP contribution >= 0.6 is 11.8 Å². The SMILES string of the molecule is c1ccc(CN2CCNC3SCCC[C@H]32)cc1. The van der Waals surface area contributed by atoms with Crippen molar-refractivity contribution in [2.75, 3.05) is 18.8 Å². The van der Waals surface area contributed by atoms with E-state index in [-0.39, 0.29) is 0 Å². The van der Waals surface area contributed by atoms with Gasteiger partial charge in [-0.25, -0.2) is 0 Å². The van der Waals surface area contributed by atoms with Crippen molar-refractivity contribution in [1.82, 2.24) is 10.2 Å². The molecule has 0 aliphatic carbocycles. The van der Waals surface area contributed by atoms with Crippen LogP contribution in [0.5, 0.6) is 0 Å². The lowest BCUT2D eigenvalue weighted by Crippen LogP contribution is -2.57. The van der Waals surface area contributed by atoms with Gasteiger partial charge in [0, 0.05) is 25.7 Å². The average molecular weight is 248 g/mol. The number of nitrogens with zero attached hydrogens (tertiary/aromatic N) is 1. The van der Waals surface area contributed by atoms with Crippen LogP contribution in [0.1, 0.15) is 18.4 Å². The number of benzene rings is 1. The molecule has 2 fully saturated rings. The van der Waals surface area contributed by atoms with Crippen molar-refractivity contribution in [2.45, 2.75) is 30.8 Å². The van der Waals surface area contributed by atoms with Gasteiger partial charge in [0.1, 0.15) is 0 Å². The Kier molecular flexibility index (Phi) is 3.69. The van der Waals surface area contributed by atoms with Crippen LogP contribution in [0.4, 0.5) is 0 Å². The van der Waals surface area contributed by atoms with Gasteiger partial charge in [-0.05, 0) is 24.2 Å². The van der Waals surface area contributed by atoms with E-state index in [0.717, 1.165) is 19.1 Å². The van der Waals surface area contributed by atoms with Crippen molar-refractivity contribution >= 4 is 11.8 Å². The molecule has 92 valence electrons. The zero-order valence-corrected chi connectivity index (χ0v) is 11.0. The molecule has 0 radical (unpaired) electrons. The van der Waals surface area contributed by atoms with Crippen molar-refractivity contribution in [3.8, 4) is 0 Å². The van der Waals surface area contributed by atoms with E-state index in [1.165, 1.54) is 30.7 Å². The van der Waals surface area contributed by atoms with Crippen molar-refractivity contribution in [1.29, 1.82) is 0 Å². The number of fused-ring (bicyclic) bond motifs is 1. The molecule has 2 heterocycles. The highest BCUT2D eigenvalue weighted by Crippen LogP contribution is 2.30. The van der Waals surface area contributed by atoms with E-state index in [1.807, 2.05) is 0 Å². The van der Waals surface area contributed by atoms with Gasteiger partial charge in [0.15, 0.2) is 0 Å². The van der Waals surface area contributed by atoms with Gasteiger partial charge < -0.3 is 5.32 Å². The molecule has 1 aromatic carbocycles. The maximum atomic E-state index is 3.66. The summed E-state index contributed by atoms with van der Waals surface area (Å²) in [5.74, 6) is 1.33. The van der Waals surface area contributed by atoms with Gasteiger partial charge in [0.2, 0.25) is 0 Å². The largest absolute Gasteiger partial charge is 0.303 e. The summed E-state index contributed by atoms with van der Waals surface area (Å²) in [5, 5.41) is 4.33. The van der Waals surface area contributed by atoms with E-state index < -0.39 is 0 Å². The van der Waals surface area contributed by atoms with E-state index in [9.17, 15) is 0 Å². The van der Waals surface area contributed by atoms with Crippen LogP contribution in [0.3, 0.4) is 0 Å². The average Bonchev–Trinajstić information content (AvgIpc) is 2.40. The van der Waals surface area contributed by atoms with E-state index in [2.05, 4.69) is 52.3 Å². The second-order valence-corrected chi connectivity index (χ2v) is 6.16. The second kappa shape index (κ2) is 5.42. The Bertz CT molecular complexity index is 352. The van der Waals surface area contributed by atoms with E-state index in [0.29, 0.717) is 5.37 Å². The third-order valence-electron chi connectivity index (χ3n) is 3.73. The van der Waals surface area contributed by atoms with Crippen LogP contribution in [-0.2, 0) is 6.54 Å². The summed E-state index contributed by atoms with van der Waals surface area (Å²) in [4.78, 5) is 2.67. The van der Waals surface area contributed by atoms with E-state index >= 15 is 0 Å². The molecule has 0 saturated carbocycles. The quantitative estimate of drug-likeness (QED) is 0.864. The highest BCUT2D eigenvalue weighted by molar-refractivity contribution is 7.99. The summed E-state index contributed by atoms with van der Waals surface area (Å²) in [5.41, 5.74) is 1.45. The lowest BCUT2D eigenvalue weighted by Gasteiger charge is -2.44. The predicted molar refractivity (Wildman–Crippen MR) is 74.1 cm³/mol. The molecule has 3 heteroatoms. The Morgan fingerprint density at radius 2 is 2.18 bits per heavy atom. The molecule has 1 unspecified atom stereocenters. The fourth-order valence-electron chi connectivity index (χ4n) is 2.86. The number of rotatable bonds is 2. The molecule has 0 aromatic heterocycles. The molecule has 1 N–H and O–H groups in total. The zero-order chi connectivity index (χ0) is 11.5. The van der Waals surface area contributed by atoms with Gasteiger partial charge in [0.25, 0.3) is 0 Å². The molecule has 2 nitrogen and oxygen atoms in total. The van der Waals surface area contributed by atoms with Crippen molar-refractivity contribution in [3.63, 3.8) is 0 Å². The Hall–Kier alpha value is -0.510. The predicted octanol–water partition coefficient (Wildman–Crippen LogP) is 2.31. The Labute approximate surface area is 108 Å². The number of piperazine rings is 1. The summed E-state index contributed by atoms with van der Waals surface area (Å²) >= 11 is 2.11. The summed E-state index contributed by atoms with van der Waals surface area (Å²) in [6.07, 6.45) is 2.73. The number of hydrogen-bond donors (Lipinski definition) is 1. The van der Waals surface area contributed by atoms with Gasteiger partial charge in [0.05, 0.1) is 5.37 Å². The van der Waals surface area contributed by atoms with Crippen molar-refractivity contribution in [3.05, 3.63) is 35.9 Å². The standard InChI is InChI=1S/C14H20N2S/c1-2-5-12(6-3-1)11-16-9-8-15-14-13(16)7-4-10-17-14/h1-3,5-6,13-15H,4,7-11H2/t13-,14?/m1/s1. The van der Waals surface area contributed by atoms with Crippen LogP contribution in [0.2, 0.25) is 0 Å². The molecule has 17 heavy (non-hydrogen) atoms. The maximum absolute atomic E-state index is 3.66. The highest BCUT2D eigenvalue weighted by Gasteiger charge is 2.33. The van der Waals surface area contributed by atoms with Crippen molar-refractivity contribution < 1.29 is 0 Å². The highest BCUT2D eigenvalue weighted by atomic mass is 32.2.